The monoisotopic (exact) mass is 313 g/mol. The lowest BCUT2D eigenvalue weighted by atomic mass is 9.92. The van der Waals surface area contributed by atoms with Gasteiger partial charge < -0.3 is 11.1 Å². The van der Waals surface area contributed by atoms with Crippen molar-refractivity contribution in [2.75, 3.05) is 12.3 Å². The summed E-state index contributed by atoms with van der Waals surface area (Å²) in [6.45, 7) is 5.09. The molecule has 6 nitrogen and oxygen atoms in total. The summed E-state index contributed by atoms with van der Waals surface area (Å²) < 4.78 is 25.7. The molecule has 0 saturated heterocycles. The Balaban J connectivity index is 2.58. The fourth-order valence-electron chi connectivity index (χ4n) is 1.82. The zero-order valence-electron chi connectivity index (χ0n) is 12.6. The van der Waals surface area contributed by atoms with Gasteiger partial charge in [-0.1, -0.05) is 30.3 Å². The summed E-state index contributed by atoms with van der Waals surface area (Å²) in [6.07, 6.45) is 0. The number of hydrogen-bond donors (Lipinski definition) is 3. The van der Waals surface area contributed by atoms with Crippen molar-refractivity contribution in [2.45, 2.75) is 32.4 Å². The van der Waals surface area contributed by atoms with Crippen molar-refractivity contribution in [3.63, 3.8) is 0 Å². The molecule has 1 aromatic rings. The average molecular weight is 313 g/mol. The van der Waals surface area contributed by atoms with Gasteiger partial charge in [0.1, 0.15) is 5.54 Å². The van der Waals surface area contributed by atoms with Crippen LogP contribution in [0.1, 0.15) is 26.3 Å². The van der Waals surface area contributed by atoms with Crippen LogP contribution in [0.4, 0.5) is 0 Å². The second kappa shape index (κ2) is 7.02. The number of nitrogens with one attached hydrogen (secondary N) is 2. The summed E-state index contributed by atoms with van der Waals surface area (Å²) in [7, 11) is -3.39. The van der Waals surface area contributed by atoms with E-state index in [0.717, 1.165) is 0 Å². The van der Waals surface area contributed by atoms with Crippen LogP contribution in [0, 0.1) is 0 Å². The fraction of sp³-hybridized carbons (Fsp3) is 0.500. The largest absolute Gasteiger partial charge is 0.353 e. The van der Waals surface area contributed by atoms with E-state index in [1.807, 2.05) is 6.07 Å². The number of amides is 1. The lowest BCUT2D eigenvalue weighted by Gasteiger charge is -2.24. The third-order valence-electron chi connectivity index (χ3n) is 2.92. The first-order valence-electron chi connectivity index (χ1n) is 6.78. The van der Waals surface area contributed by atoms with E-state index in [0.29, 0.717) is 5.56 Å². The molecule has 0 heterocycles. The Kier molecular flexibility index (Phi) is 5.88. The molecule has 0 saturated carbocycles. The summed E-state index contributed by atoms with van der Waals surface area (Å²) >= 11 is 0. The lowest BCUT2D eigenvalue weighted by Crippen LogP contribution is -2.50. The first kappa shape index (κ1) is 17.6. The van der Waals surface area contributed by atoms with Gasteiger partial charge in [-0.2, -0.15) is 0 Å². The third kappa shape index (κ3) is 5.45. The molecule has 0 aromatic heterocycles. The predicted octanol–water partition coefficient (Wildman–Crippen LogP) is 0.305. The molecule has 0 spiro atoms. The number of sulfonamides is 1. The maximum Gasteiger partial charge on any atom is 0.244 e. The van der Waals surface area contributed by atoms with Crippen molar-refractivity contribution in [1.29, 1.82) is 0 Å². The van der Waals surface area contributed by atoms with Gasteiger partial charge in [-0.05, 0) is 26.3 Å². The van der Waals surface area contributed by atoms with E-state index in [1.54, 1.807) is 45.0 Å². The van der Waals surface area contributed by atoms with Crippen molar-refractivity contribution in [3.8, 4) is 0 Å². The molecule has 7 heteroatoms. The number of carbonyl (C=O) groups excluding carboxylic acids is 1. The summed E-state index contributed by atoms with van der Waals surface area (Å²) in [4.78, 5) is 12.1. The van der Waals surface area contributed by atoms with Crippen LogP contribution in [0.3, 0.4) is 0 Å². The molecule has 1 aromatic carbocycles. The smallest absolute Gasteiger partial charge is 0.244 e. The highest BCUT2D eigenvalue weighted by Crippen LogP contribution is 2.17. The number of carbonyl (C=O) groups is 1. The fourth-order valence-corrected chi connectivity index (χ4v) is 3.02. The Hall–Kier alpha value is -1.44. The van der Waals surface area contributed by atoms with Crippen LogP contribution < -0.4 is 15.8 Å². The van der Waals surface area contributed by atoms with E-state index < -0.39 is 21.5 Å². The Labute approximate surface area is 126 Å². The Morgan fingerprint density at radius 2 is 1.86 bits per heavy atom. The van der Waals surface area contributed by atoms with Crippen molar-refractivity contribution in [1.82, 2.24) is 10.0 Å². The summed E-state index contributed by atoms with van der Waals surface area (Å²) in [5.74, 6) is -0.588. The highest BCUT2D eigenvalue weighted by atomic mass is 32.2. The first-order chi connectivity index (χ1) is 9.65. The molecule has 1 unspecified atom stereocenters. The van der Waals surface area contributed by atoms with Crippen LogP contribution in [-0.4, -0.2) is 32.7 Å². The van der Waals surface area contributed by atoms with Gasteiger partial charge in [0.15, 0.2) is 0 Å². The molecule has 0 aliphatic heterocycles. The molecule has 0 fully saturated rings. The van der Waals surface area contributed by atoms with E-state index in [2.05, 4.69) is 10.0 Å². The Morgan fingerprint density at radius 1 is 1.29 bits per heavy atom. The van der Waals surface area contributed by atoms with Gasteiger partial charge in [-0.15, -0.1) is 0 Å². The molecule has 0 bridgehead atoms. The van der Waals surface area contributed by atoms with Gasteiger partial charge in [-0.25, -0.2) is 13.1 Å². The van der Waals surface area contributed by atoms with Crippen LogP contribution in [0.2, 0.25) is 0 Å². The molecule has 118 valence electrons. The molecule has 0 radical (unpaired) electrons. The summed E-state index contributed by atoms with van der Waals surface area (Å²) in [6, 6.07) is 8.78. The minimum atomic E-state index is -3.39. The second-order valence-corrected chi connectivity index (χ2v) is 7.29. The van der Waals surface area contributed by atoms with E-state index >= 15 is 0 Å². The quantitative estimate of drug-likeness (QED) is 0.674. The van der Waals surface area contributed by atoms with Crippen molar-refractivity contribution >= 4 is 15.9 Å². The predicted molar refractivity (Wildman–Crippen MR) is 83.0 cm³/mol. The number of benzene rings is 1. The number of hydrogen-bond acceptors (Lipinski definition) is 4. The molecule has 1 atom stereocenters. The molecule has 1 amide bonds. The highest BCUT2D eigenvalue weighted by molar-refractivity contribution is 7.89. The maximum absolute atomic E-state index is 12.1. The van der Waals surface area contributed by atoms with Crippen LogP contribution in [0.15, 0.2) is 30.3 Å². The van der Waals surface area contributed by atoms with E-state index in [-0.39, 0.29) is 18.3 Å². The molecule has 0 aliphatic rings. The first-order valence-corrected chi connectivity index (χ1v) is 8.43. The zero-order chi connectivity index (χ0) is 16.1. The van der Waals surface area contributed by atoms with Crippen LogP contribution in [-0.2, 0) is 20.4 Å². The minimum absolute atomic E-state index is 0.0144. The summed E-state index contributed by atoms with van der Waals surface area (Å²) in [5, 5.41) is 2.57. The normalized spacial score (nSPS) is 14.7. The third-order valence-corrected chi connectivity index (χ3v) is 4.49. The van der Waals surface area contributed by atoms with Gasteiger partial charge in [0, 0.05) is 12.6 Å². The molecule has 21 heavy (non-hydrogen) atoms. The van der Waals surface area contributed by atoms with Gasteiger partial charge in [-0.3, -0.25) is 4.79 Å². The van der Waals surface area contributed by atoms with Gasteiger partial charge >= 0.3 is 0 Å². The van der Waals surface area contributed by atoms with Gasteiger partial charge in [0.25, 0.3) is 0 Å². The van der Waals surface area contributed by atoms with Crippen LogP contribution in [0.25, 0.3) is 0 Å². The average Bonchev–Trinajstić information content (AvgIpc) is 2.37. The van der Waals surface area contributed by atoms with E-state index in [4.69, 9.17) is 5.73 Å². The van der Waals surface area contributed by atoms with Gasteiger partial charge in [0.05, 0.1) is 5.75 Å². The topological polar surface area (TPSA) is 101 Å². The molecule has 0 aliphatic carbocycles. The molecular formula is C14H23N3O3S. The van der Waals surface area contributed by atoms with Crippen LogP contribution >= 0.6 is 0 Å². The number of rotatable bonds is 7. The second-order valence-electron chi connectivity index (χ2n) is 5.42. The standard InChI is InChI=1S/C14H23N3O3S/c1-11(2)17-21(19,20)10-9-16-13(18)14(3,15)12-7-5-4-6-8-12/h4-8,11,17H,9-10,15H2,1-3H3,(H,16,18). The summed E-state index contributed by atoms with van der Waals surface area (Å²) in [5.41, 5.74) is 5.51. The maximum atomic E-state index is 12.1. The Morgan fingerprint density at radius 3 is 2.38 bits per heavy atom. The lowest BCUT2D eigenvalue weighted by molar-refractivity contribution is -0.125. The van der Waals surface area contributed by atoms with Crippen LogP contribution in [0.5, 0.6) is 0 Å². The van der Waals surface area contributed by atoms with Crippen molar-refractivity contribution < 1.29 is 13.2 Å². The van der Waals surface area contributed by atoms with E-state index in [1.165, 1.54) is 0 Å². The van der Waals surface area contributed by atoms with Gasteiger partial charge in [0.2, 0.25) is 15.9 Å². The SMILES string of the molecule is CC(C)NS(=O)(=O)CCNC(=O)C(C)(N)c1ccccc1. The minimum Gasteiger partial charge on any atom is -0.353 e. The highest BCUT2D eigenvalue weighted by Gasteiger charge is 2.30. The van der Waals surface area contributed by atoms with Crippen molar-refractivity contribution in [3.05, 3.63) is 35.9 Å². The van der Waals surface area contributed by atoms with Crippen molar-refractivity contribution in [2.24, 2.45) is 5.73 Å². The van der Waals surface area contributed by atoms with E-state index in [9.17, 15) is 13.2 Å². The zero-order valence-corrected chi connectivity index (χ0v) is 13.4. The molecular weight excluding hydrogens is 290 g/mol. The number of nitrogens with two attached hydrogens (primary N) is 1. The Bertz CT molecular complexity index is 568. The molecule has 4 N–H and O–H groups in total. The molecule has 1 rings (SSSR count).